The van der Waals surface area contributed by atoms with Crippen LogP contribution < -0.4 is 20.5 Å². The van der Waals surface area contributed by atoms with Crippen molar-refractivity contribution in [2.24, 2.45) is 7.05 Å². The van der Waals surface area contributed by atoms with Gasteiger partial charge in [0.05, 0.1) is 63.8 Å². The summed E-state index contributed by atoms with van der Waals surface area (Å²) in [6.07, 6.45) is 3.68. The van der Waals surface area contributed by atoms with Crippen LogP contribution >= 0.6 is 0 Å². The Bertz CT molecular complexity index is 2930. The Kier molecular flexibility index (Phi) is 15.0. The Morgan fingerprint density at radius 2 is 1.66 bits per heavy atom. The fourth-order valence-electron chi connectivity index (χ4n) is 8.08. The number of rotatable bonds is 19. The fraction of sp³-hybridized carbons (Fsp3) is 0.396. The molecule has 0 saturated carbocycles. The maximum atomic E-state index is 13.4. The quantitative estimate of drug-likeness (QED) is 0.0772. The SMILES string of the molecule is CN(CCCCCOc1ccc(S(=O)(=O)CC(C)(O)C(=O)Nc2ccc(C#N)c(C(F)(F)F)c2)cc1)CCCOc1ccc(-c2ccc3ncc4c(c3c2)n(C2CCOCC2)c(=O)n4C)cn1. The molecule has 4 heterocycles. The van der Waals surface area contributed by atoms with Crippen molar-refractivity contribution in [3.8, 4) is 28.8 Å². The number of aliphatic hydroxyl groups is 1. The first-order valence-corrected chi connectivity index (χ1v) is 23.6. The molecule has 1 aliphatic rings. The van der Waals surface area contributed by atoms with Gasteiger partial charge >= 0.3 is 11.9 Å². The lowest BCUT2D eigenvalue weighted by Gasteiger charge is -2.23. The number of nitriles is 1. The predicted molar refractivity (Wildman–Crippen MR) is 246 cm³/mol. The number of aromatic nitrogens is 4. The minimum atomic E-state index is -4.87. The summed E-state index contributed by atoms with van der Waals surface area (Å²) in [5.74, 6) is -1.31. The summed E-state index contributed by atoms with van der Waals surface area (Å²) in [4.78, 5) is 37.4. The number of hydrogen-bond donors (Lipinski definition) is 2. The monoisotopic (exact) mass is 943 g/mol. The van der Waals surface area contributed by atoms with Gasteiger partial charge in [0.1, 0.15) is 5.75 Å². The average Bonchev–Trinajstić information content (AvgIpc) is 3.57. The number of carbonyl (C=O) groups excluding carboxylic acids is 1. The van der Waals surface area contributed by atoms with Gasteiger partial charge in [0.25, 0.3) is 5.91 Å². The van der Waals surface area contributed by atoms with Gasteiger partial charge in [-0.25, -0.2) is 18.2 Å². The van der Waals surface area contributed by atoms with Gasteiger partial charge in [-0.2, -0.15) is 18.4 Å². The van der Waals surface area contributed by atoms with Crippen LogP contribution in [-0.2, 0) is 32.6 Å². The Labute approximate surface area is 385 Å². The molecular formula is C48H52F3N7O8S. The molecule has 1 amide bonds. The number of nitrogens with zero attached hydrogens (tertiary/aromatic N) is 6. The fourth-order valence-corrected chi connectivity index (χ4v) is 9.67. The molecule has 1 fully saturated rings. The molecule has 354 valence electrons. The van der Waals surface area contributed by atoms with Gasteiger partial charge < -0.3 is 29.5 Å². The first-order chi connectivity index (χ1) is 31.9. The molecule has 3 aromatic heterocycles. The normalized spacial score (nSPS) is 14.6. The largest absolute Gasteiger partial charge is 0.494 e. The van der Waals surface area contributed by atoms with Gasteiger partial charge in [0.2, 0.25) is 5.88 Å². The van der Waals surface area contributed by atoms with Crippen LogP contribution in [-0.4, -0.2) is 101 Å². The molecule has 0 spiro atoms. The molecule has 67 heavy (non-hydrogen) atoms. The highest BCUT2D eigenvalue weighted by molar-refractivity contribution is 7.91. The van der Waals surface area contributed by atoms with E-state index >= 15 is 0 Å². The van der Waals surface area contributed by atoms with Crippen LogP contribution in [0, 0.1) is 11.3 Å². The molecule has 1 atom stereocenters. The summed E-state index contributed by atoms with van der Waals surface area (Å²) in [6.45, 7) is 4.83. The molecule has 2 N–H and O–H groups in total. The lowest BCUT2D eigenvalue weighted by atomic mass is 10.0. The second-order valence-corrected chi connectivity index (χ2v) is 18.9. The van der Waals surface area contributed by atoms with E-state index in [4.69, 9.17) is 19.5 Å². The Hall–Kier alpha value is -6.33. The first-order valence-electron chi connectivity index (χ1n) is 21.9. The number of benzene rings is 3. The van der Waals surface area contributed by atoms with Crippen LogP contribution in [0.2, 0.25) is 0 Å². The van der Waals surface area contributed by atoms with E-state index in [0.717, 1.165) is 104 Å². The molecule has 15 nitrogen and oxygen atoms in total. The second kappa shape index (κ2) is 20.7. The van der Waals surface area contributed by atoms with E-state index in [0.29, 0.717) is 44.1 Å². The zero-order valence-electron chi connectivity index (χ0n) is 37.4. The van der Waals surface area contributed by atoms with Crippen LogP contribution in [0.3, 0.4) is 0 Å². The summed E-state index contributed by atoms with van der Waals surface area (Å²) in [5.41, 5.74) is -0.470. The van der Waals surface area contributed by atoms with Gasteiger partial charge in [0, 0.05) is 61.7 Å². The summed E-state index contributed by atoms with van der Waals surface area (Å²) in [5, 5.41) is 22.8. The third kappa shape index (κ3) is 11.6. The minimum Gasteiger partial charge on any atom is -0.494 e. The number of sulfone groups is 1. The van der Waals surface area contributed by atoms with E-state index in [9.17, 15) is 36.3 Å². The molecule has 0 aliphatic carbocycles. The average molecular weight is 944 g/mol. The van der Waals surface area contributed by atoms with E-state index in [2.05, 4.69) is 33.3 Å². The number of fused-ring (bicyclic) bond motifs is 3. The van der Waals surface area contributed by atoms with Gasteiger partial charge in [0.15, 0.2) is 15.4 Å². The van der Waals surface area contributed by atoms with E-state index in [1.807, 2.05) is 28.8 Å². The zero-order chi connectivity index (χ0) is 47.9. The van der Waals surface area contributed by atoms with E-state index in [1.165, 1.54) is 30.3 Å². The van der Waals surface area contributed by atoms with Crippen LogP contribution in [0.1, 0.15) is 62.6 Å². The van der Waals surface area contributed by atoms with E-state index in [-0.39, 0.29) is 22.3 Å². The van der Waals surface area contributed by atoms with Crippen molar-refractivity contribution in [1.82, 2.24) is 24.0 Å². The highest BCUT2D eigenvalue weighted by atomic mass is 32.2. The number of aryl methyl sites for hydroxylation is 1. The van der Waals surface area contributed by atoms with Crippen molar-refractivity contribution in [1.29, 1.82) is 5.26 Å². The number of pyridine rings is 2. The summed E-state index contributed by atoms with van der Waals surface area (Å²) in [6, 6.07) is 19.4. The Balaban J connectivity index is 0.802. The smallest absolute Gasteiger partial charge is 0.417 e. The third-order valence-corrected chi connectivity index (χ3v) is 13.7. The minimum absolute atomic E-state index is 0.0488. The van der Waals surface area contributed by atoms with E-state index < -0.39 is 44.4 Å². The van der Waals surface area contributed by atoms with Gasteiger partial charge in [-0.15, -0.1) is 0 Å². The number of unbranched alkanes of at least 4 members (excludes halogenated alkanes) is 2. The van der Waals surface area contributed by atoms with Crippen molar-refractivity contribution in [2.45, 2.75) is 68.2 Å². The highest BCUT2D eigenvalue weighted by Gasteiger charge is 2.38. The predicted octanol–water partition coefficient (Wildman–Crippen LogP) is 7.31. The number of halogens is 3. The van der Waals surface area contributed by atoms with Crippen molar-refractivity contribution < 1.29 is 45.7 Å². The number of hydrogen-bond acceptors (Lipinski definition) is 12. The number of imidazole rings is 1. The maximum absolute atomic E-state index is 13.4. The van der Waals surface area contributed by atoms with Crippen molar-refractivity contribution >= 4 is 43.4 Å². The van der Waals surface area contributed by atoms with Crippen molar-refractivity contribution in [2.75, 3.05) is 57.6 Å². The van der Waals surface area contributed by atoms with Crippen LogP contribution in [0.4, 0.5) is 18.9 Å². The lowest BCUT2D eigenvalue weighted by Crippen LogP contribution is -2.45. The number of alkyl halides is 3. The van der Waals surface area contributed by atoms with E-state index in [1.54, 1.807) is 24.0 Å². The summed E-state index contributed by atoms with van der Waals surface area (Å²) < 4.78 is 87.2. The number of ether oxygens (including phenoxy) is 3. The molecule has 19 heteroatoms. The highest BCUT2D eigenvalue weighted by Crippen LogP contribution is 2.35. The molecule has 1 saturated heterocycles. The molecule has 1 unspecified atom stereocenters. The lowest BCUT2D eigenvalue weighted by molar-refractivity contribution is -0.137. The topological polar surface area (TPSA) is 191 Å². The van der Waals surface area contributed by atoms with Gasteiger partial charge in [-0.05, 0) is 125 Å². The van der Waals surface area contributed by atoms with Crippen molar-refractivity contribution in [3.05, 3.63) is 107 Å². The number of anilines is 1. The second-order valence-electron chi connectivity index (χ2n) is 16.9. The number of carbonyl (C=O) groups is 1. The standard InChI is InChI=1S/C48H52F3N7O8S/c1-47(61,45(59)55-35-11-8-33(28-52)40(27-35)48(49,50)51)31-67(62,63)38-14-12-37(13-15-38)65-22-6-4-5-20-56(2)21-7-23-66-43-17-10-34(29-54-43)32-9-16-41-39(26-32)44-42(30-53-41)57(3)46(60)58(44)36-18-24-64-25-19-36/h8-17,26-27,29-30,36,61H,4-7,18-25,31H2,1-3H3,(H,55,59). The Morgan fingerprint density at radius 3 is 2.36 bits per heavy atom. The molecular weight excluding hydrogens is 892 g/mol. The summed E-state index contributed by atoms with van der Waals surface area (Å²) in [7, 11) is -0.379. The van der Waals surface area contributed by atoms with Crippen molar-refractivity contribution in [3.63, 3.8) is 0 Å². The zero-order valence-corrected chi connectivity index (χ0v) is 38.2. The van der Waals surface area contributed by atoms with Crippen LogP contribution in [0.25, 0.3) is 33.1 Å². The van der Waals surface area contributed by atoms with Gasteiger partial charge in [-0.1, -0.05) is 6.07 Å². The molecule has 0 radical (unpaired) electrons. The molecule has 6 aromatic rings. The first kappa shape index (κ1) is 48.6. The Morgan fingerprint density at radius 1 is 0.940 bits per heavy atom. The maximum Gasteiger partial charge on any atom is 0.417 e. The van der Waals surface area contributed by atoms with Crippen LogP contribution in [0.15, 0.2) is 94.9 Å². The number of amides is 1. The molecule has 0 bridgehead atoms. The molecule has 7 rings (SSSR count). The molecule has 3 aromatic carbocycles. The number of nitrogens with one attached hydrogen (secondary N) is 1. The van der Waals surface area contributed by atoms with Gasteiger partial charge in [-0.3, -0.25) is 18.9 Å². The molecule has 1 aliphatic heterocycles. The summed E-state index contributed by atoms with van der Waals surface area (Å²) >= 11 is 0. The third-order valence-electron chi connectivity index (χ3n) is 11.8. The van der Waals surface area contributed by atoms with Crippen LogP contribution in [0.5, 0.6) is 11.6 Å².